The molecule has 5 atom stereocenters. The quantitative estimate of drug-likeness (QED) is 0.522. The van der Waals surface area contributed by atoms with E-state index in [1.165, 1.54) is 0 Å². The first-order valence-electron chi connectivity index (χ1n) is 11.3. The van der Waals surface area contributed by atoms with Gasteiger partial charge in [-0.05, 0) is 38.3 Å². The number of nitrogens with zero attached hydrogens (tertiary/aromatic N) is 4. The van der Waals surface area contributed by atoms with E-state index >= 15 is 0 Å². The van der Waals surface area contributed by atoms with Gasteiger partial charge in [0.25, 0.3) is 0 Å². The second-order valence-electron chi connectivity index (χ2n) is 9.23. The van der Waals surface area contributed by atoms with Gasteiger partial charge in [-0.15, -0.1) is 16.9 Å². The minimum Gasteiger partial charge on any atom is -0.396 e. The number of likely N-dealkylation sites (tertiary alicyclic amines) is 1. The van der Waals surface area contributed by atoms with Gasteiger partial charge in [0.15, 0.2) is 0 Å². The lowest BCUT2D eigenvalue weighted by Gasteiger charge is -2.34. The molecule has 2 unspecified atom stereocenters. The number of hydrogen-bond donors (Lipinski definition) is 3. The summed E-state index contributed by atoms with van der Waals surface area (Å²) < 4.78 is 0.572. The predicted molar refractivity (Wildman–Crippen MR) is 122 cm³/mol. The molecule has 3 aliphatic rings. The van der Waals surface area contributed by atoms with E-state index in [2.05, 4.69) is 20.9 Å². The van der Waals surface area contributed by atoms with Crippen molar-refractivity contribution in [2.24, 2.45) is 11.8 Å². The monoisotopic (exact) mass is 472 g/mol. The Morgan fingerprint density at radius 1 is 1.27 bits per heavy atom. The molecule has 10 nitrogen and oxygen atoms in total. The van der Waals surface area contributed by atoms with Gasteiger partial charge in [0, 0.05) is 24.9 Å². The van der Waals surface area contributed by atoms with Crippen LogP contribution in [0.15, 0.2) is 24.3 Å². The summed E-state index contributed by atoms with van der Waals surface area (Å²) in [7, 11) is 1.59. The van der Waals surface area contributed by atoms with Crippen LogP contribution < -0.4 is 10.6 Å². The van der Waals surface area contributed by atoms with Crippen molar-refractivity contribution in [1.82, 2.24) is 30.5 Å². The predicted octanol–water partition coefficient (Wildman–Crippen LogP) is 0.115. The van der Waals surface area contributed by atoms with E-state index < -0.39 is 22.6 Å². The molecule has 2 aromatic rings. The van der Waals surface area contributed by atoms with Crippen LogP contribution in [0.5, 0.6) is 0 Å². The van der Waals surface area contributed by atoms with Crippen LogP contribution in [0.1, 0.15) is 26.2 Å². The number of carbonyl (C=O) groups is 3. The number of amides is 3. The lowest BCUT2D eigenvalue weighted by Crippen LogP contribution is -2.54. The molecule has 3 amide bonds. The van der Waals surface area contributed by atoms with Crippen LogP contribution in [0.25, 0.3) is 11.0 Å². The van der Waals surface area contributed by atoms with Crippen molar-refractivity contribution in [1.29, 1.82) is 0 Å². The zero-order valence-electron chi connectivity index (χ0n) is 18.7. The van der Waals surface area contributed by atoms with Gasteiger partial charge < -0.3 is 20.6 Å². The van der Waals surface area contributed by atoms with Crippen molar-refractivity contribution in [3.8, 4) is 0 Å². The Hall–Kier alpha value is -2.66. The van der Waals surface area contributed by atoms with E-state index in [1.54, 1.807) is 28.4 Å². The molecule has 11 heteroatoms. The fourth-order valence-corrected chi connectivity index (χ4v) is 8.40. The third kappa shape index (κ3) is 3.16. The Labute approximate surface area is 195 Å². The van der Waals surface area contributed by atoms with Crippen molar-refractivity contribution >= 4 is 40.5 Å². The number of aliphatic hydroxyl groups is 1. The van der Waals surface area contributed by atoms with Crippen LogP contribution in [-0.4, -0.2) is 78.5 Å². The van der Waals surface area contributed by atoms with Gasteiger partial charge in [-0.3, -0.25) is 14.4 Å². The van der Waals surface area contributed by atoms with E-state index in [9.17, 15) is 19.5 Å². The highest BCUT2D eigenvalue weighted by Gasteiger charge is 2.76. The maximum Gasteiger partial charge on any atom is 0.245 e. The highest BCUT2D eigenvalue weighted by atomic mass is 32.2. The van der Waals surface area contributed by atoms with E-state index in [0.717, 1.165) is 17.5 Å². The molecule has 3 aliphatic heterocycles. The zero-order chi connectivity index (χ0) is 23.4. The van der Waals surface area contributed by atoms with Crippen LogP contribution in [0.2, 0.25) is 0 Å². The van der Waals surface area contributed by atoms with Crippen molar-refractivity contribution in [3.63, 3.8) is 0 Å². The zero-order valence-corrected chi connectivity index (χ0v) is 19.5. The largest absolute Gasteiger partial charge is 0.396 e. The summed E-state index contributed by atoms with van der Waals surface area (Å²) in [6.07, 6.45) is 1.83. The van der Waals surface area contributed by atoms with E-state index in [0.29, 0.717) is 12.8 Å². The number of thioether (sulfide) groups is 1. The number of aromatic nitrogens is 3. The van der Waals surface area contributed by atoms with Crippen LogP contribution >= 0.6 is 11.8 Å². The summed E-state index contributed by atoms with van der Waals surface area (Å²) in [6.45, 7) is 2.35. The summed E-state index contributed by atoms with van der Waals surface area (Å²) in [5.41, 5.74) is 1.54. The summed E-state index contributed by atoms with van der Waals surface area (Å²) in [4.78, 5) is 41.7. The number of carbonyl (C=O) groups excluding carboxylic acids is 3. The lowest BCUT2D eigenvalue weighted by atomic mass is 9.66. The van der Waals surface area contributed by atoms with Crippen molar-refractivity contribution in [2.75, 3.05) is 20.2 Å². The molecule has 4 heterocycles. The minimum atomic E-state index is -0.710. The Morgan fingerprint density at radius 3 is 2.82 bits per heavy atom. The lowest BCUT2D eigenvalue weighted by molar-refractivity contribution is -0.140. The van der Waals surface area contributed by atoms with Gasteiger partial charge in [-0.1, -0.05) is 17.3 Å². The summed E-state index contributed by atoms with van der Waals surface area (Å²) in [5, 5.41) is 23.3. The van der Waals surface area contributed by atoms with E-state index in [4.69, 9.17) is 0 Å². The molecule has 176 valence electrons. The first-order valence-corrected chi connectivity index (χ1v) is 12.1. The maximum atomic E-state index is 13.6. The van der Waals surface area contributed by atoms with Crippen LogP contribution in [0.4, 0.5) is 0 Å². The fourth-order valence-electron chi connectivity index (χ4n) is 6.05. The average Bonchev–Trinajstić information content (AvgIpc) is 3.51. The average molecular weight is 473 g/mol. The molecule has 0 aliphatic carbocycles. The number of hydrogen-bond acceptors (Lipinski definition) is 7. The molecule has 5 rings (SSSR count). The third-order valence-electron chi connectivity index (χ3n) is 7.43. The standard InChI is InChI=1S/C22H28N6O4S/c1-21-8-9-22(33-21)16(15(21)18(30)23-2)20(32)27(10-5-11-29)17(22)19(31)24-12-28-14-7-4-3-6-13(14)25-26-28/h3-4,6-7,15-17,29H,5,8-12H2,1-2H3,(H,23,30)(H,24,31)/t15-,16-,17?,21+,22?/m0/s1. The third-order valence-corrected chi connectivity index (χ3v) is 9.42. The van der Waals surface area contributed by atoms with Gasteiger partial charge >= 0.3 is 0 Å². The molecule has 3 N–H and O–H groups in total. The maximum absolute atomic E-state index is 13.6. The summed E-state index contributed by atoms with van der Waals surface area (Å²) in [6, 6.07) is 6.78. The molecular weight excluding hydrogens is 444 g/mol. The number of fused-ring (bicyclic) bond motifs is 2. The second kappa shape index (κ2) is 7.98. The SMILES string of the molecule is CNC(=O)[C@@H]1[C@H]2C(=O)N(CCCO)C(C(=O)NCn3nnc4ccccc43)C23CC[C@@]1(C)S3. The van der Waals surface area contributed by atoms with E-state index in [-0.39, 0.29) is 42.3 Å². The first-order chi connectivity index (χ1) is 15.9. The topological polar surface area (TPSA) is 129 Å². The number of aliphatic hydroxyl groups excluding tert-OH is 1. The molecule has 1 aromatic carbocycles. The minimum absolute atomic E-state index is 0.0789. The Kier molecular flexibility index (Phi) is 5.36. The van der Waals surface area contributed by atoms with Crippen LogP contribution in [-0.2, 0) is 21.1 Å². The molecule has 33 heavy (non-hydrogen) atoms. The van der Waals surface area contributed by atoms with Crippen molar-refractivity contribution < 1.29 is 19.5 Å². The van der Waals surface area contributed by atoms with Crippen LogP contribution in [0, 0.1) is 11.8 Å². The summed E-state index contributed by atoms with van der Waals surface area (Å²) >= 11 is 1.63. The fraction of sp³-hybridized carbons (Fsp3) is 0.591. The molecule has 0 saturated carbocycles. The van der Waals surface area contributed by atoms with Gasteiger partial charge in [-0.2, -0.15) is 0 Å². The highest BCUT2D eigenvalue weighted by Crippen LogP contribution is 2.71. The number of rotatable bonds is 7. The van der Waals surface area contributed by atoms with Gasteiger partial charge in [0.1, 0.15) is 18.2 Å². The molecule has 0 radical (unpaired) electrons. The van der Waals surface area contributed by atoms with Crippen molar-refractivity contribution in [3.05, 3.63) is 24.3 Å². The number of benzene rings is 1. The Morgan fingerprint density at radius 2 is 2.06 bits per heavy atom. The molecular formula is C22H28N6O4S. The van der Waals surface area contributed by atoms with E-state index in [1.807, 2.05) is 31.2 Å². The normalized spacial score (nSPS) is 32.4. The van der Waals surface area contributed by atoms with Crippen LogP contribution in [0.3, 0.4) is 0 Å². The smallest absolute Gasteiger partial charge is 0.245 e. The van der Waals surface area contributed by atoms with Gasteiger partial charge in [0.05, 0.1) is 22.1 Å². The Bertz CT molecular complexity index is 1120. The Balaban J connectivity index is 1.46. The number of para-hydroxylation sites is 1. The molecule has 3 fully saturated rings. The molecule has 1 spiro atoms. The molecule has 2 bridgehead atoms. The van der Waals surface area contributed by atoms with Crippen molar-refractivity contribution in [2.45, 2.75) is 48.4 Å². The van der Waals surface area contributed by atoms with Gasteiger partial charge in [-0.25, -0.2) is 4.68 Å². The summed E-state index contributed by atoms with van der Waals surface area (Å²) in [5.74, 6) is -1.62. The second-order valence-corrected chi connectivity index (χ2v) is 11.1. The first kappa shape index (κ1) is 22.1. The van der Waals surface area contributed by atoms with Gasteiger partial charge in [0.2, 0.25) is 17.7 Å². The molecule has 1 aromatic heterocycles. The number of nitrogens with one attached hydrogen (secondary N) is 2. The molecule has 3 saturated heterocycles. The highest BCUT2D eigenvalue weighted by molar-refractivity contribution is 8.02.